The third kappa shape index (κ3) is 5.17. The molecule has 0 amide bonds. The maximum Gasteiger partial charge on any atom is -0.0253 e. The molecule has 1 heterocycles. The van der Waals surface area contributed by atoms with Crippen molar-refractivity contribution in [3.8, 4) is 11.1 Å². The number of benzene rings is 3. The van der Waals surface area contributed by atoms with Crippen molar-refractivity contribution in [2.45, 2.75) is 12.5 Å². The van der Waals surface area contributed by atoms with E-state index in [-0.39, 0.29) is 19.6 Å². The molecule has 1 atom stereocenters. The van der Waals surface area contributed by atoms with Crippen LogP contribution in [0.5, 0.6) is 0 Å². The molecule has 1 aliphatic heterocycles. The number of rotatable bonds is 0. The van der Waals surface area contributed by atoms with E-state index in [0.29, 0.717) is 4.67 Å². The Balaban J connectivity index is 0.000000147. The van der Waals surface area contributed by atoms with E-state index in [2.05, 4.69) is 82.7 Å². The van der Waals surface area contributed by atoms with E-state index >= 15 is 0 Å². The summed E-state index contributed by atoms with van der Waals surface area (Å²) in [5.74, 6) is 0. The van der Waals surface area contributed by atoms with E-state index in [1.54, 1.807) is 0 Å². The molecule has 6 heteroatoms. The Labute approximate surface area is 211 Å². The molecule has 0 saturated heterocycles. The molecule has 1 nitrogen and oxygen atoms in total. The number of hydrogen-bond donors (Lipinski definition) is 0. The van der Waals surface area contributed by atoms with Crippen molar-refractivity contribution in [2.24, 2.45) is 0 Å². The van der Waals surface area contributed by atoms with Crippen molar-refractivity contribution < 1.29 is 25.6 Å². The summed E-state index contributed by atoms with van der Waals surface area (Å²) in [7, 11) is 9.87. The summed E-state index contributed by atoms with van der Waals surface area (Å²) >= 11 is 2.46. The van der Waals surface area contributed by atoms with Gasteiger partial charge >= 0.3 is 37.9 Å². The van der Waals surface area contributed by atoms with Gasteiger partial charge in [-0.2, -0.15) is 47.6 Å². The molecule has 0 fully saturated rings. The topological polar surface area (TPSA) is 9.23 Å². The second-order valence-corrected chi connectivity index (χ2v) is 11.0. The van der Waals surface area contributed by atoms with Crippen molar-refractivity contribution in [2.75, 3.05) is 0 Å². The zero-order chi connectivity index (χ0) is 20.2. The second-order valence-electron chi connectivity index (χ2n) is 6.59. The van der Waals surface area contributed by atoms with Crippen LogP contribution in [0.1, 0.15) is 28.4 Å². The molecule has 3 aromatic rings. The molecule has 3 aromatic carbocycles. The SMILES string of the molecule is BrC1=[C-]C2=Cc3ccccc3C2O1.[Cl][Zr][Cl].[SH-].[c-]1cccc2c1Cc1ccccc1-2. The predicted octanol–water partition coefficient (Wildman–Crippen LogP) is 7.36. The Bertz CT molecular complexity index is 1060. The standard InChI is InChI=1S/C13H9.C11H6BrO.2ClH.H2S.Zr/c1-3-7-12-10(5-1)9-11-6-2-4-8-13(11)12;12-10-6-8-5-7-3-1-2-4-9(7)11(8)13-10;;;;/h1-5,7-8H,9H2;1-5,11H;2*1H;1H2;/q2*-1;;;;+2/p-3. The molecule has 0 bridgehead atoms. The van der Waals surface area contributed by atoms with Gasteiger partial charge in [-0.15, -0.1) is 5.56 Å². The average molecular weight is 594 g/mol. The molecule has 152 valence electrons. The number of halogens is 3. The zero-order valence-corrected chi connectivity index (χ0v) is 22.2. The van der Waals surface area contributed by atoms with Gasteiger partial charge in [0.2, 0.25) is 0 Å². The van der Waals surface area contributed by atoms with Crippen LogP contribution in [0.15, 0.2) is 77.0 Å². The smallest absolute Gasteiger partial charge is 0.0253 e. The first-order chi connectivity index (χ1) is 14.2. The summed E-state index contributed by atoms with van der Waals surface area (Å²) in [4.78, 5) is 0. The molecular formula is C24H16BrCl2OSZr-3. The van der Waals surface area contributed by atoms with Crippen molar-refractivity contribution in [3.05, 3.63) is 111 Å². The maximum absolute atomic E-state index is 5.57. The van der Waals surface area contributed by atoms with Crippen LogP contribution in [0.2, 0.25) is 0 Å². The number of ether oxygens (including phenoxy) is 1. The Hall–Kier alpha value is -0.767. The minimum absolute atomic E-state index is 0. The quantitative estimate of drug-likeness (QED) is 0.120. The Morgan fingerprint density at radius 1 is 0.967 bits per heavy atom. The largest absolute Gasteiger partial charge is 0.813 e. The van der Waals surface area contributed by atoms with Crippen molar-refractivity contribution in [3.63, 3.8) is 0 Å². The third-order valence-electron chi connectivity index (χ3n) is 4.95. The first-order valence-electron chi connectivity index (χ1n) is 9.02. The van der Waals surface area contributed by atoms with Crippen LogP contribution in [0.4, 0.5) is 0 Å². The summed E-state index contributed by atoms with van der Waals surface area (Å²) in [6.07, 6.45) is 6.38. The third-order valence-corrected chi connectivity index (χ3v) is 5.34. The number of thiol groups is 1. The van der Waals surface area contributed by atoms with Gasteiger partial charge in [0.1, 0.15) is 6.10 Å². The van der Waals surface area contributed by atoms with Gasteiger partial charge in [0, 0.05) is 0 Å². The monoisotopic (exact) mass is 591 g/mol. The number of hydrogen-bond acceptors (Lipinski definition) is 2. The second kappa shape index (κ2) is 11.2. The Kier molecular flexibility index (Phi) is 8.92. The van der Waals surface area contributed by atoms with E-state index in [1.165, 1.54) is 33.4 Å². The fourth-order valence-electron chi connectivity index (χ4n) is 3.76. The molecule has 0 N–H and O–H groups in total. The van der Waals surface area contributed by atoms with Crippen molar-refractivity contribution >= 4 is 52.5 Å². The first-order valence-corrected chi connectivity index (χ1v) is 16.1. The van der Waals surface area contributed by atoms with Crippen LogP contribution >= 0.6 is 33.0 Å². The van der Waals surface area contributed by atoms with Gasteiger partial charge in [0.05, 0.1) is 4.67 Å². The summed E-state index contributed by atoms with van der Waals surface area (Å²) in [5, 5.41) is 0. The molecule has 6 rings (SSSR count). The minimum atomic E-state index is -0.826. The van der Waals surface area contributed by atoms with Crippen molar-refractivity contribution in [1.29, 1.82) is 0 Å². The maximum atomic E-state index is 5.57. The van der Waals surface area contributed by atoms with E-state index in [1.807, 2.05) is 18.2 Å². The normalized spacial score (nSPS) is 15.8. The fourth-order valence-corrected chi connectivity index (χ4v) is 4.18. The molecule has 30 heavy (non-hydrogen) atoms. The van der Waals surface area contributed by atoms with Gasteiger partial charge in [-0.05, 0) is 27.9 Å². The Morgan fingerprint density at radius 2 is 1.67 bits per heavy atom. The predicted molar refractivity (Wildman–Crippen MR) is 128 cm³/mol. The van der Waals surface area contributed by atoms with Gasteiger partial charge in [0.25, 0.3) is 0 Å². The number of fused-ring (bicyclic) bond motifs is 6. The van der Waals surface area contributed by atoms with E-state index < -0.39 is 20.8 Å². The minimum Gasteiger partial charge on any atom is -0.813 e. The molecule has 0 aromatic heterocycles. The zero-order valence-electron chi connectivity index (χ0n) is 15.7. The van der Waals surface area contributed by atoms with Crippen LogP contribution < -0.4 is 0 Å². The molecule has 3 aliphatic rings. The van der Waals surface area contributed by atoms with Crippen LogP contribution in [0, 0.1) is 12.1 Å². The average Bonchev–Trinajstić information content (AvgIpc) is 3.39. The van der Waals surface area contributed by atoms with Crippen LogP contribution in [0.25, 0.3) is 17.2 Å². The molecule has 2 aliphatic carbocycles. The molecule has 0 radical (unpaired) electrons. The molecule has 1 unspecified atom stereocenters. The van der Waals surface area contributed by atoms with Crippen molar-refractivity contribution in [1.82, 2.24) is 0 Å². The van der Waals surface area contributed by atoms with E-state index in [4.69, 9.17) is 21.8 Å². The van der Waals surface area contributed by atoms with Gasteiger partial charge in [-0.25, -0.2) is 0 Å². The summed E-state index contributed by atoms with van der Waals surface area (Å²) in [5.41, 5.74) is 9.11. The molecule has 0 spiro atoms. The van der Waals surface area contributed by atoms with Gasteiger partial charge in [-0.3, -0.25) is 0 Å². The molecular weight excluding hydrogens is 578 g/mol. The van der Waals surface area contributed by atoms with Gasteiger partial charge < -0.3 is 18.2 Å². The first kappa shape index (κ1) is 23.9. The fraction of sp³-hybridized carbons (Fsp3) is 0.0833. The molecule has 0 saturated carbocycles. The van der Waals surface area contributed by atoms with Gasteiger partial charge in [-0.1, -0.05) is 65.2 Å². The van der Waals surface area contributed by atoms with Gasteiger partial charge in [0.15, 0.2) is 0 Å². The summed E-state index contributed by atoms with van der Waals surface area (Å²) in [6.45, 7) is 0. The summed E-state index contributed by atoms with van der Waals surface area (Å²) < 4.78 is 6.27. The van der Waals surface area contributed by atoms with Crippen LogP contribution in [-0.2, 0) is 45.5 Å². The Morgan fingerprint density at radius 3 is 2.50 bits per heavy atom. The van der Waals surface area contributed by atoms with E-state index in [9.17, 15) is 0 Å². The van der Waals surface area contributed by atoms with E-state index in [0.717, 1.165) is 12.0 Å². The van der Waals surface area contributed by atoms with Crippen LogP contribution in [-0.4, -0.2) is 0 Å². The van der Waals surface area contributed by atoms with Crippen LogP contribution in [0.3, 0.4) is 0 Å². The summed E-state index contributed by atoms with van der Waals surface area (Å²) in [6, 6.07) is 26.4.